The number of nitrogens with zero attached hydrogens (tertiary/aromatic N) is 1. The van der Waals surface area contributed by atoms with Crippen LogP contribution in [-0.2, 0) is 14.6 Å². The molecule has 0 atom stereocenters. The highest BCUT2D eigenvalue weighted by Gasteiger charge is 2.40. The Morgan fingerprint density at radius 1 is 0.966 bits per heavy atom. The van der Waals surface area contributed by atoms with Crippen molar-refractivity contribution in [2.24, 2.45) is 0 Å². The van der Waals surface area contributed by atoms with Crippen LogP contribution in [0.3, 0.4) is 0 Å². The van der Waals surface area contributed by atoms with Gasteiger partial charge in [-0.15, -0.1) is 0 Å². The van der Waals surface area contributed by atoms with E-state index >= 15 is 0 Å². The van der Waals surface area contributed by atoms with E-state index in [0.29, 0.717) is 11.5 Å². The Bertz CT molecular complexity index is 1140. The van der Waals surface area contributed by atoms with Crippen LogP contribution in [0.4, 0.5) is 0 Å². The molecule has 1 aliphatic heterocycles. The fraction of sp³-hybridized carbons (Fsp3) is 0.227. The molecule has 0 saturated carbocycles. The van der Waals surface area contributed by atoms with E-state index in [9.17, 15) is 13.2 Å². The maximum Gasteiger partial charge on any atom is 0.260 e. The normalized spacial score (nSPS) is 14.4. The summed E-state index contributed by atoms with van der Waals surface area (Å²) in [5.74, 6) is 0.986. The van der Waals surface area contributed by atoms with E-state index in [1.807, 2.05) is 42.5 Å². The third-order valence-electron chi connectivity index (χ3n) is 5.11. The van der Waals surface area contributed by atoms with Crippen LogP contribution in [0.15, 0.2) is 71.6 Å². The molecular formula is C22H21NO5S. The van der Waals surface area contributed by atoms with Gasteiger partial charge in [0.15, 0.2) is 16.4 Å². The summed E-state index contributed by atoms with van der Waals surface area (Å²) >= 11 is 0. The summed E-state index contributed by atoms with van der Waals surface area (Å²) in [6.07, 6.45) is 0. The van der Waals surface area contributed by atoms with Crippen molar-refractivity contribution < 1.29 is 22.7 Å². The Hall–Kier alpha value is -3.06. The van der Waals surface area contributed by atoms with Crippen LogP contribution in [0, 0.1) is 0 Å². The molecule has 1 fully saturated rings. The number of fused-ring (bicyclic) bond motifs is 1. The van der Waals surface area contributed by atoms with Crippen molar-refractivity contribution in [1.29, 1.82) is 0 Å². The Morgan fingerprint density at radius 2 is 1.62 bits per heavy atom. The lowest BCUT2D eigenvalue weighted by Gasteiger charge is -2.38. The number of sulfone groups is 1. The average molecular weight is 411 g/mol. The van der Waals surface area contributed by atoms with Crippen molar-refractivity contribution in [2.75, 3.05) is 26.8 Å². The minimum atomic E-state index is -3.48. The Kier molecular flexibility index (Phi) is 5.15. The number of methoxy groups -OCH3 is 1. The van der Waals surface area contributed by atoms with E-state index in [1.165, 1.54) is 24.1 Å². The molecule has 6 nitrogen and oxygen atoms in total. The number of benzene rings is 3. The second-order valence-electron chi connectivity index (χ2n) is 6.94. The molecule has 1 aliphatic rings. The number of hydrogen-bond acceptors (Lipinski definition) is 5. The molecule has 3 aromatic rings. The lowest BCUT2D eigenvalue weighted by atomic mass is 10.1. The van der Waals surface area contributed by atoms with Crippen LogP contribution in [0.1, 0.15) is 0 Å². The number of carbonyl (C=O) groups excluding carboxylic acids is 1. The van der Waals surface area contributed by atoms with Gasteiger partial charge in [-0.25, -0.2) is 8.42 Å². The molecule has 1 heterocycles. The van der Waals surface area contributed by atoms with Gasteiger partial charge < -0.3 is 14.4 Å². The second kappa shape index (κ2) is 7.75. The van der Waals surface area contributed by atoms with Crippen molar-refractivity contribution in [3.05, 3.63) is 66.7 Å². The quantitative estimate of drug-likeness (QED) is 0.624. The minimum Gasteiger partial charge on any atom is -0.497 e. The van der Waals surface area contributed by atoms with Crippen molar-refractivity contribution in [3.63, 3.8) is 0 Å². The third-order valence-corrected chi connectivity index (χ3v) is 7.22. The molecule has 4 rings (SSSR count). The first kappa shape index (κ1) is 19.3. The van der Waals surface area contributed by atoms with Crippen LogP contribution < -0.4 is 9.47 Å². The SMILES string of the molecule is COc1ccc(S(=O)(=O)C2CN(C(=O)COc3ccc4ccccc4c3)C2)cc1. The summed E-state index contributed by atoms with van der Waals surface area (Å²) in [4.78, 5) is 14.1. The largest absolute Gasteiger partial charge is 0.497 e. The Balaban J connectivity index is 1.33. The molecule has 0 unspecified atom stereocenters. The zero-order valence-electron chi connectivity index (χ0n) is 15.9. The maximum atomic E-state index is 12.7. The van der Waals surface area contributed by atoms with Gasteiger partial charge in [0.1, 0.15) is 16.7 Å². The standard InChI is InChI=1S/C22H21NO5S/c1-27-18-8-10-20(11-9-18)29(25,26)21-13-23(14-21)22(24)15-28-19-7-6-16-4-2-3-5-17(16)12-19/h2-12,21H,13-15H2,1H3. The number of rotatable bonds is 6. The summed E-state index contributed by atoms with van der Waals surface area (Å²) in [6, 6.07) is 19.8. The monoisotopic (exact) mass is 411 g/mol. The van der Waals surface area contributed by atoms with E-state index in [4.69, 9.17) is 9.47 Å². The summed E-state index contributed by atoms with van der Waals surface area (Å²) in [7, 11) is -1.95. The number of likely N-dealkylation sites (tertiary alicyclic amines) is 1. The maximum absolute atomic E-state index is 12.7. The molecule has 29 heavy (non-hydrogen) atoms. The van der Waals surface area contributed by atoms with Crippen LogP contribution in [0.2, 0.25) is 0 Å². The highest BCUT2D eigenvalue weighted by Crippen LogP contribution is 2.26. The highest BCUT2D eigenvalue weighted by atomic mass is 32.2. The van der Waals surface area contributed by atoms with E-state index in [0.717, 1.165) is 10.8 Å². The van der Waals surface area contributed by atoms with Gasteiger partial charge in [-0.3, -0.25) is 4.79 Å². The predicted molar refractivity (Wildman–Crippen MR) is 110 cm³/mol. The van der Waals surface area contributed by atoms with Gasteiger partial charge in [0, 0.05) is 13.1 Å². The van der Waals surface area contributed by atoms with Crippen molar-refractivity contribution >= 4 is 26.5 Å². The lowest BCUT2D eigenvalue weighted by Crippen LogP contribution is -2.57. The van der Waals surface area contributed by atoms with Gasteiger partial charge in [-0.1, -0.05) is 30.3 Å². The smallest absolute Gasteiger partial charge is 0.260 e. The molecule has 0 aliphatic carbocycles. The van der Waals surface area contributed by atoms with Crippen molar-refractivity contribution in [3.8, 4) is 11.5 Å². The van der Waals surface area contributed by atoms with Crippen LogP contribution in [0.25, 0.3) is 10.8 Å². The van der Waals surface area contributed by atoms with E-state index in [-0.39, 0.29) is 30.5 Å². The Labute approximate surface area is 169 Å². The Morgan fingerprint density at radius 3 is 2.31 bits per heavy atom. The summed E-state index contributed by atoms with van der Waals surface area (Å²) in [6.45, 7) is 0.232. The van der Waals surface area contributed by atoms with E-state index in [1.54, 1.807) is 12.1 Å². The predicted octanol–water partition coefficient (Wildman–Crippen LogP) is 2.91. The fourth-order valence-corrected chi connectivity index (χ4v) is 4.94. The van der Waals surface area contributed by atoms with Gasteiger partial charge in [0.25, 0.3) is 5.91 Å². The van der Waals surface area contributed by atoms with Crippen LogP contribution in [0.5, 0.6) is 11.5 Å². The van der Waals surface area contributed by atoms with Gasteiger partial charge in [0.2, 0.25) is 0 Å². The summed E-state index contributed by atoms with van der Waals surface area (Å²) in [5.41, 5.74) is 0. The molecule has 0 radical (unpaired) electrons. The first-order valence-corrected chi connectivity index (χ1v) is 10.8. The second-order valence-corrected chi connectivity index (χ2v) is 9.17. The zero-order chi connectivity index (χ0) is 20.4. The molecule has 0 N–H and O–H groups in total. The first-order chi connectivity index (χ1) is 14.0. The average Bonchev–Trinajstić information content (AvgIpc) is 2.71. The van der Waals surface area contributed by atoms with Gasteiger partial charge in [-0.05, 0) is 47.2 Å². The van der Waals surface area contributed by atoms with Crippen molar-refractivity contribution in [2.45, 2.75) is 10.1 Å². The summed E-state index contributed by atoms with van der Waals surface area (Å²) < 4.78 is 36.0. The number of amides is 1. The minimum absolute atomic E-state index is 0.117. The van der Waals surface area contributed by atoms with Gasteiger partial charge in [0.05, 0.1) is 12.0 Å². The highest BCUT2D eigenvalue weighted by molar-refractivity contribution is 7.92. The molecule has 3 aromatic carbocycles. The molecule has 1 amide bonds. The number of carbonyl (C=O) groups is 1. The zero-order valence-corrected chi connectivity index (χ0v) is 16.8. The number of ether oxygens (including phenoxy) is 2. The molecule has 0 aromatic heterocycles. The number of hydrogen-bond donors (Lipinski definition) is 0. The lowest BCUT2D eigenvalue weighted by molar-refractivity contribution is -0.136. The molecular weight excluding hydrogens is 390 g/mol. The molecule has 150 valence electrons. The molecule has 1 saturated heterocycles. The molecule has 7 heteroatoms. The topological polar surface area (TPSA) is 72.9 Å². The first-order valence-electron chi connectivity index (χ1n) is 9.25. The van der Waals surface area contributed by atoms with Gasteiger partial charge >= 0.3 is 0 Å². The molecule has 0 spiro atoms. The fourth-order valence-electron chi connectivity index (χ4n) is 3.29. The van der Waals surface area contributed by atoms with E-state index in [2.05, 4.69) is 0 Å². The van der Waals surface area contributed by atoms with E-state index < -0.39 is 15.1 Å². The van der Waals surface area contributed by atoms with Crippen LogP contribution >= 0.6 is 0 Å². The van der Waals surface area contributed by atoms with Crippen LogP contribution in [-0.4, -0.2) is 51.3 Å². The third kappa shape index (κ3) is 3.91. The van der Waals surface area contributed by atoms with Gasteiger partial charge in [-0.2, -0.15) is 0 Å². The summed E-state index contributed by atoms with van der Waals surface area (Å²) in [5, 5.41) is 1.54. The molecule has 0 bridgehead atoms. The van der Waals surface area contributed by atoms with Crippen molar-refractivity contribution in [1.82, 2.24) is 4.90 Å².